The van der Waals surface area contributed by atoms with E-state index in [0.29, 0.717) is 6.61 Å². The maximum atomic E-state index is 9.28. The summed E-state index contributed by atoms with van der Waals surface area (Å²) in [6, 6.07) is 0. The SMILES string of the molecule is OCC[N+]1(CC2CCCCC2)CCNCC1. The van der Waals surface area contributed by atoms with E-state index in [1.807, 2.05) is 0 Å². The van der Waals surface area contributed by atoms with E-state index in [1.165, 1.54) is 56.2 Å². The van der Waals surface area contributed by atoms with Crippen molar-refractivity contribution in [2.24, 2.45) is 5.92 Å². The second-order valence-corrected chi connectivity index (χ2v) is 5.67. The Hall–Kier alpha value is -0.120. The molecule has 0 atom stereocenters. The lowest BCUT2D eigenvalue weighted by Gasteiger charge is -2.44. The van der Waals surface area contributed by atoms with E-state index in [4.69, 9.17) is 0 Å². The van der Waals surface area contributed by atoms with Crippen molar-refractivity contribution in [3.05, 3.63) is 0 Å². The van der Waals surface area contributed by atoms with Gasteiger partial charge in [-0.25, -0.2) is 0 Å². The highest BCUT2D eigenvalue weighted by Gasteiger charge is 2.32. The lowest BCUT2D eigenvalue weighted by Crippen LogP contribution is -2.61. The number of nitrogens with one attached hydrogen (secondary N) is 1. The van der Waals surface area contributed by atoms with E-state index >= 15 is 0 Å². The van der Waals surface area contributed by atoms with E-state index in [1.54, 1.807) is 0 Å². The first-order valence-electron chi connectivity index (χ1n) is 7.01. The third kappa shape index (κ3) is 3.19. The average Bonchev–Trinajstić information content (AvgIpc) is 2.31. The predicted octanol–water partition coefficient (Wildman–Crippen LogP) is 0.979. The monoisotopic (exact) mass is 227 g/mol. The number of piperazine rings is 1. The van der Waals surface area contributed by atoms with Crippen LogP contribution in [0.25, 0.3) is 0 Å². The van der Waals surface area contributed by atoms with Gasteiger partial charge in [0.25, 0.3) is 0 Å². The van der Waals surface area contributed by atoms with Crippen LogP contribution in [0.1, 0.15) is 32.1 Å². The Labute approximate surface area is 99.4 Å². The van der Waals surface area contributed by atoms with Gasteiger partial charge in [0.15, 0.2) is 0 Å². The molecule has 2 fully saturated rings. The summed E-state index contributed by atoms with van der Waals surface area (Å²) in [5.41, 5.74) is 0. The van der Waals surface area contributed by atoms with Crippen molar-refractivity contribution >= 4 is 0 Å². The summed E-state index contributed by atoms with van der Waals surface area (Å²) in [7, 11) is 0. The summed E-state index contributed by atoms with van der Waals surface area (Å²) in [5.74, 6) is 0.929. The molecule has 0 bridgehead atoms. The quantitative estimate of drug-likeness (QED) is 0.702. The molecule has 1 heterocycles. The fraction of sp³-hybridized carbons (Fsp3) is 1.00. The third-order valence-electron chi connectivity index (χ3n) is 4.47. The molecule has 3 nitrogen and oxygen atoms in total. The van der Waals surface area contributed by atoms with Crippen LogP contribution in [-0.2, 0) is 0 Å². The fourth-order valence-corrected chi connectivity index (χ4v) is 3.50. The molecule has 16 heavy (non-hydrogen) atoms. The van der Waals surface area contributed by atoms with Crippen LogP contribution in [0.3, 0.4) is 0 Å². The van der Waals surface area contributed by atoms with Crippen molar-refractivity contribution < 1.29 is 9.59 Å². The Bertz CT molecular complexity index is 191. The smallest absolute Gasteiger partial charge is 0.102 e. The first-order valence-corrected chi connectivity index (χ1v) is 7.01. The third-order valence-corrected chi connectivity index (χ3v) is 4.47. The molecule has 0 aromatic heterocycles. The molecule has 1 saturated heterocycles. The molecule has 2 N–H and O–H groups in total. The standard InChI is InChI=1S/C13H27N2O/c16-11-10-15(8-6-14-7-9-15)12-13-4-2-1-3-5-13/h13-14,16H,1-12H2/q+1. The molecule has 1 aliphatic heterocycles. The van der Waals surface area contributed by atoms with Gasteiger partial charge in [0, 0.05) is 19.0 Å². The van der Waals surface area contributed by atoms with Gasteiger partial charge in [-0.15, -0.1) is 0 Å². The van der Waals surface area contributed by atoms with Crippen molar-refractivity contribution in [2.45, 2.75) is 32.1 Å². The number of hydrogen-bond donors (Lipinski definition) is 2. The molecular weight excluding hydrogens is 200 g/mol. The summed E-state index contributed by atoms with van der Waals surface area (Å²) in [4.78, 5) is 0. The van der Waals surface area contributed by atoms with Gasteiger partial charge in [-0.1, -0.05) is 19.3 Å². The Morgan fingerprint density at radius 3 is 2.38 bits per heavy atom. The maximum Gasteiger partial charge on any atom is 0.102 e. The molecule has 0 aromatic carbocycles. The van der Waals surface area contributed by atoms with Gasteiger partial charge in [0.1, 0.15) is 6.54 Å². The van der Waals surface area contributed by atoms with E-state index in [0.717, 1.165) is 25.6 Å². The van der Waals surface area contributed by atoms with E-state index in [-0.39, 0.29) is 0 Å². The molecule has 1 saturated carbocycles. The lowest BCUT2D eigenvalue weighted by atomic mass is 9.88. The minimum atomic E-state index is 0.354. The average molecular weight is 227 g/mol. The van der Waals surface area contributed by atoms with Crippen LogP contribution in [-0.4, -0.2) is 55.5 Å². The number of aliphatic hydroxyl groups is 1. The largest absolute Gasteiger partial charge is 0.391 e. The topological polar surface area (TPSA) is 32.3 Å². The number of rotatable bonds is 4. The van der Waals surface area contributed by atoms with Crippen LogP contribution >= 0.6 is 0 Å². The first kappa shape index (κ1) is 12.3. The number of aliphatic hydroxyl groups excluding tert-OH is 1. The van der Waals surface area contributed by atoms with Crippen LogP contribution < -0.4 is 5.32 Å². The van der Waals surface area contributed by atoms with Crippen LogP contribution in [0.2, 0.25) is 0 Å². The van der Waals surface area contributed by atoms with Gasteiger partial charge >= 0.3 is 0 Å². The predicted molar refractivity (Wildman–Crippen MR) is 66.3 cm³/mol. The normalized spacial score (nSPS) is 26.8. The van der Waals surface area contributed by atoms with E-state index in [9.17, 15) is 5.11 Å². The van der Waals surface area contributed by atoms with Crippen molar-refractivity contribution in [1.29, 1.82) is 0 Å². The summed E-state index contributed by atoms with van der Waals surface area (Å²) in [5, 5.41) is 12.7. The Balaban J connectivity index is 1.89. The summed E-state index contributed by atoms with van der Waals surface area (Å²) in [6.45, 7) is 7.35. The lowest BCUT2D eigenvalue weighted by molar-refractivity contribution is -0.933. The zero-order valence-electron chi connectivity index (χ0n) is 10.5. The van der Waals surface area contributed by atoms with Crippen molar-refractivity contribution in [2.75, 3.05) is 45.9 Å². The second-order valence-electron chi connectivity index (χ2n) is 5.67. The number of quaternary nitrogens is 1. The summed E-state index contributed by atoms with van der Waals surface area (Å²) < 4.78 is 1.17. The van der Waals surface area contributed by atoms with Gasteiger partial charge in [0.2, 0.25) is 0 Å². The van der Waals surface area contributed by atoms with Gasteiger partial charge < -0.3 is 14.9 Å². The second kappa shape index (κ2) is 5.99. The molecule has 1 aliphatic carbocycles. The zero-order valence-corrected chi connectivity index (χ0v) is 10.5. The van der Waals surface area contributed by atoms with E-state index in [2.05, 4.69) is 5.32 Å². The molecule has 94 valence electrons. The zero-order chi connectivity index (χ0) is 11.3. The molecule has 2 aliphatic rings. The molecule has 0 radical (unpaired) electrons. The molecule has 0 aromatic rings. The minimum absolute atomic E-state index is 0.354. The Morgan fingerprint density at radius 1 is 1.06 bits per heavy atom. The highest BCUT2D eigenvalue weighted by molar-refractivity contribution is 4.68. The number of nitrogens with zero attached hydrogens (tertiary/aromatic N) is 1. The Morgan fingerprint density at radius 2 is 1.75 bits per heavy atom. The van der Waals surface area contributed by atoms with Crippen LogP contribution in [0.15, 0.2) is 0 Å². The highest BCUT2D eigenvalue weighted by Crippen LogP contribution is 2.27. The van der Waals surface area contributed by atoms with Gasteiger partial charge in [-0.05, 0) is 12.8 Å². The van der Waals surface area contributed by atoms with Crippen molar-refractivity contribution in [3.8, 4) is 0 Å². The molecule has 0 amide bonds. The first-order chi connectivity index (χ1) is 7.85. The van der Waals surface area contributed by atoms with Crippen LogP contribution in [0.5, 0.6) is 0 Å². The molecule has 0 unspecified atom stereocenters. The van der Waals surface area contributed by atoms with Crippen molar-refractivity contribution in [3.63, 3.8) is 0 Å². The highest BCUT2D eigenvalue weighted by atomic mass is 16.3. The molecular formula is C13H27N2O+. The maximum absolute atomic E-state index is 9.28. The van der Waals surface area contributed by atoms with Gasteiger partial charge in [0.05, 0.1) is 26.2 Å². The molecule has 3 heteroatoms. The van der Waals surface area contributed by atoms with Crippen LogP contribution in [0.4, 0.5) is 0 Å². The summed E-state index contributed by atoms with van der Waals surface area (Å²) >= 11 is 0. The Kier molecular flexibility index (Phi) is 4.62. The fourth-order valence-electron chi connectivity index (χ4n) is 3.50. The van der Waals surface area contributed by atoms with Crippen molar-refractivity contribution in [1.82, 2.24) is 5.32 Å². The van der Waals surface area contributed by atoms with Gasteiger partial charge in [-0.2, -0.15) is 0 Å². The summed E-state index contributed by atoms with van der Waals surface area (Å²) in [6.07, 6.45) is 7.17. The van der Waals surface area contributed by atoms with Gasteiger partial charge in [-0.3, -0.25) is 0 Å². The molecule has 2 rings (SSSR count). The number of hydrogen-bond acceptors (Lipinski definition) is 2. The van der Waals surface area contributed by atoms with E-state index < -0.39 is 0 Å². The molecule has 0 spiro atoms. The minimum Gasteiger partial charge on any atom is -0.391 e. The van der Waals surface area contributed by atoms with Crippen LogP contribution in [0, 0.1) is 5.92 Å².